The number of hydrogen-bond acceptors (Lipinski definition) is 7. The van der Waals surface area contributed by atoms with Crippen LogP contribution >= 0.6 is 0 Å². The fourth-order valence-corrected chi connectivity index (χ4v) is 4.45. The molecule has 10 heteroatoms. The minimum Gasteiger partial charge on any atom is -0.493 e. The summed E-state index contributed by atoms with van der Waals surface area (Å²) in [7, 11) is 3.07. The van der Waals surface area contributed by atoms with Crippen molar-refractivity contribution in [1.82, 2.24) is 10.3 Å². The van der Waals surface area contributed by atoms with Gasteiger partial charge >= 0.3 is 0 Å². The molecule has 0 saturated heterocycles. The van der Waals surface area contributed by atoms with Crippen LogP contribution in [0.1, 0.15) is 17.2 Å². The highest BCUT2D eigenvalue weighted by Crippen LogP contribution is 2.32. The van der Waals surface area contributed by atoms with E-state index in [2.05, 4.69) is 15.6 Å². The molecule has 2 atom stereocenters. The van der Waals surface area contributed by atoms with Crippen LogP contribution < -0.4 is 25.8 Å². The average Bonchev–Trinajstić information content (AvgIpc) is 2.90. The van der Waals surface area contributed by atoms with Crippen molar-refractivity contribution in [3.8, 4) is 11.5 Å². The molecule has 0 radical (unpaired) electrons. The normalized spacial score (nSPS) is 12.5. The third-order valence-corrected chi connectivity index (χ3v) is 6.50. The topological polar surface area (TPSA) is 136 Å². The van der Waals surface area contributed by atoms with Crippen LogP contribution in [0.2, 0.25) is 0 Å². The molecule has 0 aliphatic rings. The van der Waals surface area contributed by atoms with Gasteiger partial charge in [0.2, 0.25) is 5.91 Å². The number of nitrogen functional groups attached to an aromatic ring is 1. The van der Waals surface area contributed by atoms with Crippen LogP contribution in [0.25, 0.3) is 10.8 Å². The molecule has 186 valence electrons. The molecule has 1 amide bonds. The summed E-state index contributed by atoms with van der Waals surface area (Å²) in [5, 5.41) is 7.85. The molecule has 0 aliphatic heterocycles. The second-order valence-corrected chi connectivity index (χ2v) is 8.84. The summed E-state index contributed by atoms with van der Waals surface area (Å²) in [6, 6.07) is 18.5. The predicted molar refractivity (Wildman–Crippen MR) is 139 cm³/mol. The number of pyridine rings is 1. The van der Waals surface area contributed by atoms with Crippen molar-refractivity contribution >= 4 is 39.3 Å². The van der Waals surface area contributed by atoms with E-state index in [1.807, 2.05) is 24.3 Å². The lowest BCUT2D eigenvalue weighted by Crippen LogP contribution is -2.33. The summed E-state index contributed by atoms with van der Waals surface area (Å²) in [6.07, 6.45) is 1.63. The molecule has 4 aromatic rings. The van der Waals surface area contributed by atoms with Gasteiger partial charge in [0, 0.05) is 23.8 Å². The Bertz CT molecular complexity index is 1430. The maximum absolute atomic E-state index is 13.5. The molecule has 2 unspecified atom stereocenters. The highest BCUT2D eigenvalue weighted by molar-refractivity contribution is 7.79. The number of carbonyl (C=O) groups excluding carboxylic acids is 1. The van der Waals surface area contributed by atoms with Gasteiger partial charge in [0.1, 0.15) is 11.9 Å². The van der Waals surface area contributed by atoms with E-state index in [4.69, 9.17) is 15.2 Å². The van der Waals surface area contributed by atoms with Crippen molar-refractivity contribution in [2.75, 3.05) is 25.3 Å². The molecule has 36 heavy (non-hydrogen) atoms. The third-order valence-electron chi connectivity index (χ3n) is 5.72. The molecule has 4 rings (SSSR count). The lowest BCUT2D eigenvalue weighted by Gasteiger charge is -2.22. The van der Waals surface area contributed by atoms with Gasteiger partial charge in [-0.25, -0.2) is 9.19 Å². The van der Waals surface area contributed by atoms with Gasteiger partial charge in [0.25, 0.3) is 0 Å². The summed E-state index contributed by atoms with van der Waals surface area (Å²) >= 11 is -2.17. The van der Waals surface area contributed by atoms with E-state index in [1.54, 1.807) is 48.7 Å². The first-order chi connectivity index (χ1) is 17.4. The summed E-state index contributed by atoms with van der Waals surface area (Å²) < 4.78 is 32.0. The molecule has 9 nitrogen and oxygen atoms in total. The molecule has 5 N–H and O–H groups in total. The zero-order chi connectivity index (χ0) is 25.7. The molecule has 1 aromatic heterocycles. The number of fused-ring (bicyclic) bond motifs is 1. The number of ether oxygens (including phenoxy) is 2. The first-order valence-electron chi connectivity index (χ1n) is 11.0. The van der Waals surface area contributed by atoms with Crippen molar-refractivity contribution in [2.45, 2.75) is 17.5 Å². The minimum absolute atomic E-state index is 0.0761. The van der Waals surface area contributed by atoms with Crippen molar-refractivity contribution in [3.05, 3.63) is 84.1 Å². The van der Waals surface area contributed by atoms with E-state index >= 15 is 0 Å². The number of nitrogens with one attached hydrogen (secondary N) is 2. The first kappa shape index (κ1) is 25.0. The van der Waals surface area contributed by atoms with Crippen molar-refractivity contribution in [3.63, 3.8) is 0 Å². The lowest BCUT2D eigenvalue weighted by molar-refractivity contribution is -0.122. The molecular formula is C26H26N4O5S. The van der Waals surface area contributed by atoms with E-state index in [0.717, 1.165) is 10.8 Å². The van der Waals surface area contributed by atoms with Gasteiger partial charge in [-0.15, -0.1) is 0 Å². The molecule has 3 aromatic carbocycles. The Hall–Kier alpha value is -4.15. The quantitative estimate of drug-likeness (QED) is 0.251. The molecule has 0 saturated carbocycles. The van der Waals surface area contributed by atoms with Crippen LogP contribution in [0.4, 0.5) is 11.5 Å². The molecule has 0 aliphatic carbocycles. The molecule has 0 bridgehead atoms. The summed E-state index contributed by atoms with van der Waals surface area (Å²) in [5.41, 5.74) is 7.85. The van der Waals surface area contributed by atoms with Crippen LogP contribution in [0.3, 0.4) is 0 Å². The largest absolute Gasteiger partial charge is 0.493 e. The highest BCUT2D eigenvalue weighted by atomic mass is 32.2. The fraction of sp³-hybridized carbons (Fsp3) is 0.154. The number of amides is 1. The number of rotatable bonds is 9. The Morgan fingerprint density at radius 2 is 1.83 bits per heavy atom. The zero-order valence-corrected chi connectivity index (χ0v) is 20.5. The number of nitrogens with zero attached hydrogens (tertiary/aromatic N) is 1. The monoisotopic (exact) mass is 506 g/mol. The molecule has 1 heterocycles. The van der Waals surface area contributed by atoms with Crippen LogP contribution in [0.5, 0.6) is 11.5 Å². The van der Waals surface area contributed by atoms with E-state index in [0.29, 0.717) is 34.1 Å². The number of hydrogen-bond donors (Lipinski definition) is 4. The zero-order valence-electron chi connectivity index (χ0n) is 19.7. The Kier molecular flexibility index (Phi) is 7.67. The number of anilines is 2. The van der Waals surface area contributed by atoms with Gasteiger partial charge in [0.05, 0.1) is 19.1 Å². The number of nitrogens with two attached hydrogens (primary N) is 1. The van der Waals surface area contributed by atoms with Gasteiger partial charge in [-0.05, 0) is 59.0 Å². The lowest BCUT2D eigenvalue weighted by atomic mass is 10.0. The summed E-state index contributed by atoms with van der Waals surface area (Å²) in [4.78, 5) is 17.8. The van der Waals surface area contributed by atoms with Gasteiger partial charge in [0.15, 0.2) is 22.6 Å². The predicted octanol–water partition coefficient (Wildman–Crippen LogP) is 3.88. The first-order valence-corrected chi connectivity index (χ1v) is 12.1. The van der Waals surface area contributed by atoms with Gasteiger partial charge in [-0.2, -0.15) is 0 Å². The number of methoxy groups -OCH3 is 2. The summed E-state index contributed by atoms with van der Waals surface area (Å²) in [6.45, 7) is 0.0761. The second-order valence-electron chi connectivity index (χ2n) is 7.90. The van der Waals surface area contributed by atoms with Crippen molar-refractivity contribution in [2.24, 2.45) is 0 Å². The third kappa shape index (κ3) is 5.40. The standard InChI is InChI=1S/C26H26N4O5S/c1-34-21-10-7-17(14-22(21)35-2)24(26(31)29-15-18-5-3-4-6-23(18)36(32)33)30-19-8-9-20-16(13-19)11-12-28-25(20)27/h3-14,24,30H,15H2,1-2H3,(H2,27,28)(H,29,31)(H,32,33). The Balaban J connectivity index is 1.66. The van der Waals surface area contributed by atoms with E-state index in [-0.39, 0.29) is 17.3 Å². The van der Waals surface area contributed by atoms with Gasteiger partial charge in [-0.1, -0.05) is 24.3 Å². The maximum atomic E-state index is 13.5. The average molecular weight is 507 g/mol. The van der Waals surface area contributed by atoms with E-state index in [9.17, 15) is 13.6 Å². The molecular weight excluding hydrogens is 480 g/mol. The second kappa shape index (κ2) is 11.1. The number of benzene rings is 3. The Labute approximate surface area is 210 Å². The van der Waals surface area contributed by atoms with Crippen molar-refractivity contribution in [1.29, 1.82) is 0 Å². The van der Waals surface area contributed by atoms with Crippen LogP contribution in [0.15, 0.2) is 77.8 Å². The highest BCUT2D eigenvalue weighted by Gasteiger charge is 2.23. The van der Waals surface area contributed by atoms with Crippen LogP contribution in [-0.4, -0.2) is 33.9 Å². The fourth-order valence-electron chi connectivity index (χ4n) is 3.90. The minimum atomic E-state index is -2.17. The number of aromatic nitrogens is 1. The maximum Gasteiger partial charge on any atom is 0.247 e. The molecule has 0 fully saturated rings. The smallest absolute Gasteiger partial charge is 0.247 e. The molecule has 0 spiro atoms. The van der Waals surface area contributed by atoms with Gasteiger partial charge in [-0.3, -0.25) is 4.79 Å². The van der Waals surface area contributed by atoms with E-state index < -0.39 is 17.1 Å². The Morgan fingerprint density at radius 3 is 2.58 bits per heavy atom. The number of carbonyl (C=O) groups is 1. The van der Waals surface area contributed by atoms with Crippen LogP contribution in [0, 0.1) is 0 Å². The van der Waals surface area contributed by atoms with Crippen molar-refractivity contribution < 1.29 is 23.0 Å². The van der Waals surface area contributed by atoms with Gasteiger partial charge < -0.3 is 30.4 Å². The van der Waals surface area contributed by atoms with Crippen LogP contribution in [-0.2, 0) is 22.4 Å². The summed E-state index contributed by atoms with van der Waals surface area (Å²) in [5.74, 6) is 1.10. The van der Waals surface area contributed by atoms with E-state index in [1.165, 1.54) is 14.2 Å². The SMILES string of the molecule is COc1ccc(C(Nc2ccc3c(N)nccc3c2)C(=O)NCc2ccccc2S(=O)O)cc1OC. The Morgan fingerprint density at radius 1 is 1.06 bits per heavy atom.